The first-order chi connectivity index (χ1) is 10.6. The lowest BCUT2D eigenvalue weighted by Gasteiger charge is -2.22. The van der Waals surface area contributed by atoms with Gasteiger partial charge in [0.25, 0.3) is 0 Å². The standard InChI is InChI=1S/C16H34N2O4Si/c1-7-16(3,4)14(19)17-11-12-21-15(20)18-10-9-13-23(5,6)22-8-2/h7-13H2,1-6H3,(H,17,19)(H,18,20). The molecule has 23 heavy (non-hydrogen) atoms. The maximum Gasteiger partial charge on any atom is 0.407 e. The molecule has 0 rings (SSSR count). The fourth-order valence-corrected chi connectivity index (χ4v) is 3.88. The first-order valence-electron chi connectivity index (χ1n) is 8.47. The predicted octanol–water partition coefficient (Wildman–Crippen LogP) is 2.90. The quantitative estimate of drug-likeness (QED) is 0.445. The summed E-state index contributed by atoms with van der Waals surface area (Å²) in [5.74, 6) is -0.0212. The highest BCUT2D eigenvalue weighted by Gasteiger charge is 2.24. The maximum atomic E-state index is 11.8. The zero-order valence-electron chi connectivity index (χ0n) is 15.6. The third kappa shape index (κ3) is 10.3. The van der Waals surface area contributed by atoms with E-state index in [0.717, 1.165) is 25.5 Å². The molecule has 136 valence electrons. The van der Waals surface area contributed by atoms with Crippen LogP contribution in [0.4, 0.5) is 4.79 Å². The SMILES string of the molecule is CCO[Si](C)(C)CCCNC(=O)OCCNC(=O)C(C)(C)CC. The molecule has 7 heteroatoms. The number of amides is 2. The molecule has 0 atom stereocenters. The summed E-state index contributed by atoms with van der Waals surface area (Å²) in [6.07, 6.45) is 1.21. The van der Waals surface area contributed by atoms with Crippen molar-refractivity contribution < 1.29 is 18.8 Å². The number of nitrogens with one attached hydrogen (secondary N) is 2. The molecule has 0 saturated heterocycles. The number of ether oxygens (including phenoxy) is 1. The van der Waals surface area contributed by atoms with Crippen molar-refractivity contribution in [3.05, 3.63) is 0 Å². The van der Waals surface area contributed by atoms with Crippen LogP contribution in [0.15, 0.2) is 0 Å². The molecule has 0 aromatic rings. The van der Waals surface area contributed by atoms with Gasteiger partial charge in [0, 0.05) is 18.6 Å². The van der Waals surface area contributed by atoms with E-state index in [9.17, 15) is 9.59 Å². The topological polar surface area (TPSA) is 76.7 Å². The summed E-state index contributed by atoms with van der Waals surface area (Å²) in [5, 5.41) is 5.50. The smallest absolute Gasteiger partial charge is 0.407 e. The minimum atomic E-state index is -1.58. The van der Waals surface area contributed by atoms with Gasteiger partial charge >= 0.3 is 6.09 Å². The van der Waals surface area contributed by atoms with Gasteiger partial charge in [-0.25, -0.2) is 4.79 Å². The molecule has 6 nitrogen and oxygen atoms in total. The summed E-state index contributed by atoms with van der Waals surface area (Å²) in [6.45, 7) is 13.9. The van der Waals surface area contributed by atoms with Gasteiger partial charge in [-0.05, 0) is 38.9 Å². The Labute approximate surface area is 141 Å². The van der Waals surface area contributed by atoms with Crippen LogP contribution in [0, 0.1) is 5.41 Å². The van der Waals surface area contributed by atoms with Gasteiger partial charge in [0.15, 0.2) is 8.32 Å². The van der Waals surface area contributed by atoms with E-state index in [1.165, 1.54) is 0 Å². The van der Waals surface area contributed by atoms with Gasteiger partial charge < -0.3 is 19.8 Å². The molecule has 0 fully saturated rings. The Kier molecular flexibility index (Phi) is 10.1. The Morgan fingerprint density at radius 3 is 2.30 bits per heavy atom. The molecule has 0 unspecified atom stereocenters. The molecule has 0 aliphatic rings. The van der Waals surface area contributed by atoms with Gasteiger partial charge in [0.2, 0.25) is 5.91 Å². The largest absolute Gasteiger partial charge is 0.448 e. The van der Waals surface area contributed by atoms with Crippen LogP contribution in [0.5, 0.6) is 0 Å². The second-order valence-corrected chi connectivity index (χ2v) is 11.2. The van der Waals surface area contributed by atoms with E-state index in [1.54, 1.807) is 0 Å². The number of hydrogen-bond donors (Lipinski definition) is 2. The van der Waals surface area contributed by atoms with Crippen molar-refractivity contribution in [2.24, 2.45) is 5.41 Å². The minimum absolute atomic E-state index is 0.0212. The lowest BCUT2D eigenvalue weighted by molar-refractivity contribution is -0.129. The number of hydrogen-bond acceptors (Lipinski definition) is 4. The summed E-state index contributed by atoms with van der Waals surface area (Å²) >= 11 is 0. The molecule has 0 heterocycles. The first kappa shape index (κ1) is 21.9. The second kappa shape index (κ2) is 10.6. The average Bonchev–Trinajstić information content (AvgIpc) is 2.47. The fraction of sp³-hybridized carbons (Fsp3) is 0.875. The summed E-state index contributed by atoms with van der Waals surface area (Å²) in [7, 11) is -1.58. The third-order valence-corrected chi connectivity index (χ3v) is 6.51. The van der Waals surface area contributed by atoms with E-state index in [1.807, 2.05) is 27.7 Å². The molecule has 0 aliphatic heterocycles. The van der Waals surface area contributed by atoms with Crippen LogP contribution in [-0.4, -0.2) is 46.6 Å². The molecule has 0 spiro atoms. The highest BCUT2D eigenvalue weighted by atomic mass is 28.4. The lowest BCUT2D eigenvalue weighted by atomic mass is 9.89. The maximum absolute atomic E-state index is 11.8. The number of carbonyl (C=O) groups excluding carboxylic acids is 2. The highest BCUT2D eigenvalue weighted by Crippen LogP contribution is 2.19. The van der Waals surface area contributed by atoms with Crippen molar-refractivity contribution >= 4 is 20.3 Å². The van der Waals surface area contributed by atoms with Gasteiger partial charge in [-0.15, -0.1) is 0 Å². The average molecular weight is 347 g/mol. The van der Waals surface area contributed by atoms with Crippen molar-refractivity contribution in [1.82, 2.24) is 10.6 Å². The summed E-state index contributed by atoms with van der Waals surface area (Å²) in [6, 6.07) is 1.00. The summed E-state index contributed by atoms with van der Waals surface area (Å²) < 4.78 is 10.8. The van der Waals surface area contributed by atoms with E-state index < -0.39 is 14.4 Å². The number of alkyl carbamates (subject to hydrolysis) is 1. The van der Waals surface area contributed by atoms with E-state index in [2.05, 4.69) is 23.7 Å². The Morgan fingerprint density at radius 1 is 1.09 bits per heavy atom. The van der Waals surface area contributed by atoms with Crippen LogP contribution in [-0.2, 0) is 14.0 Å². The van der Waals surface area contributed by atoms with Gasteiger partial charge in [0.1, 0.15) is 6.61 Å². The number of carbonyl (C=O) groups is 2. The van der Waals surface area contributed by atoms with Crippen molar-refractivity contribution in [2.75, 3.05) is 26.3 Å². The van der Waals surface area contributed by atoms with Crippen molar-refractivity contribution in [1.29, 1.82) is 0 Å². The molecule has 0 aromatic carbocycles. The normalized spacial score (nSPS) is 11.9. The van der Waals surface area contributed by atoms with Crippen LogP contribution in [0.3, 0.4) is 0 Å². The molecule has 2 amide bonds. The molecule has 0 aromatic heterocycles. The Balaban J connectivity index is 3.71. The molecule has 0 aliphatic carbocycles. The van der Waals surface area contributed by atoms with Crippen molar-refractivity contribution in [2.45, 2.75) is 59.7 Å². The second-order valence-electron chi connectivity index (χ2n) is 6.85. The van der Waals surface area contributed by atoms with Crippen LogP contribution in [0.2, 0.25) is 19.1 Å². The van der Waals surface area contributed by atoms with Crippen LogP contribution in [0.1, 0.15) is 40.5 Å². The van der Waals surface area contributed by atoms with Crippen LogP contribution >= 0.6 is 0 Å². The minimum Gasteiger partial charge on any atom is -0.448 e. The van der Waals surface area contributed by atoms with Crippen molar-refractivity contribution in [3.63, 3.8) is 0 Å². The van der Waals surface area contributed by atoms with Gasteiger partial charge in [0.05, 0.1) is 6.54 Å². The summed E-state index contributed by atoms with van der Waals surface area (Å²) in [4.78, 5) is 23.3. The van der Waals surface area contributed by atoms with Crippen molar-refractivity contribution in [3.8, 4) is 0 Å². The molecule has 0 bridgehead atoms. The Morgan fingerprint density at radius 2 is 1.74 bits per heavy atom. The van der Waals surface area contributed by atoms with Crippen LogP contribution < -0.4 is 10.6 Å². The Bertz CT molecular complexity index is 373. The lowest BCUT2D eigenvalue weighted by Crippen LogP contribution is -2.39. The van der Waals surface area contributed by atoms with E-state index in [-0.39, 0.29) is 17.9 Å². The summed E-state index contributed by atoms with van der Waals surface area (Å²) in [5.41, 5.74) is -0.389. The zero-order valence-corrected chi connectivity index (χ0v) is 16.6. The van der Waals surface area contributed by atoms with Gasteiger partial charge in [-0.3, -0.25) is 4.79 Å². The molecule has 0 radical (unpaired) electrons. The number of rotatable bonds is 11. The molecule has 0 saturated carbocycles. The third-order valence-electron chi connectivity index (χ3n) is 3.88. The molecular formula is C16H34N2O4Si. The van der Waals surface area contributed by atoms with E-state index >= 15 is 0 Å². The zero-order chi connectivity index (χ0) is 17.9. The highest BCUT2D eigenvalue weighted by molar-refractivity contribution is 6.71. The fourth-order valence-electron chi connectivity index (χ4n) is 1.93. The van der Waals surface area contributed by atoms with Gasteiger partial charge in [-0.2, -0.15) is 0 Å². The van der Waals surface area contributed by atoms with Gasteiger partial charge in [-0.1, -0.05) is 20.8 Å². The van der Waals surface area contributed by atoms with E-state index in [0.29, 0.717) is 13.1 Å². The first-order valence-corrected chi connectivity index (χ1v) is 11.6. The predicted molar refractivity (Wildman–Crippen MR) is 95.0 cm³/mol. The Hall–Kier alpha value is -1.08. The molecule has 2 N–H and O–H groups in total. The van der Waals surface area contributed by atoms with E-state index in [4.69, 9.17) is 9.16 Å². The van der Waals surface area contributed by atoms with Crippen LogP contribution in [0.25, 0.3) is 0 Å². The molecular weight excluding hydrogens is 312 g/mol. The monoisotopic (exact) mass is 346 g/mol.